The van der Waals surface area contributed by atoms with Crippen molar-refractivity contribution in [1.82, 2.24) is 0 Å². The fraction of sp³-hybridized carbons (Fsp3) is 0.455. The van der Waals surface area contributed by atoms with Crippen molar-refractivity contribution in [2.75, 3.05) is 13.2 Å². The molecule has 90 valence electrons. The van der Waals surface area contributed by atoms with Crippen LogP contribution < -0.4 is 0 Å². The van der Waals surface area contributed by atoms with Gasteiger partial charge in [-0.25, -0.2) is 8.42 Å². The second-order valence-corrected chi connectivity index (χ2v) is 5.89. The molecule has 0 spiro atoms. The predicted octanol–water partition coefficient (Wildman–Crippen LogP) is 0.345. The molecule has 0 aliphatic heterocycles. The number of sulfone groups is 1. The standard InChI is InChI=1S/C11H16O4S/c12-7-6-11(8-13)16(14,15)9-10-4-2-1-3-5-10/h1-5,11-13H,6-9H2. The number of hydrogen-bond acceptors (Lipinski definition) is 4. The molecule has 16 heavy (non-hydrogen) atoms. The Kier molecular flexibility index (Phi) is 4.92. The van der Waals surface area contributed by atoms with Gasteiger partial charge in [-0.1, -0.05) is 30.3 Å². The summed E-state index contributed by atoms with van der Waals surface area (Å²) in [5.74, 6) is -0.0981. The first-order valence-corrected chi connectivity index (χ1v) is 6.79. The van der Waals surface area contributed by atoms with Crippen LogP contribution >= 0.6 is 0 Å². The Balaban J connectivity index is 2.78. The molecule has 5 heteroatoms. The number of aliphatic hydroxyl groups is 2. The molecular formula is C11H16O4S. The zero-order chi connectivity index (χ0) is 12.0. The molecule has 1 aromatic carbocycles. The third kappa shape index (κ3) is 3.59. The average molecular weight is 244 g/mol. The van der Waals surface area contributed by atoms with Crippen LogP contribution in [-0.4, -0.2) is 37.1 Å². The Labute approximate surface area is 95.5 Å². The summed E-state index contributed by atoms with van der Waals surface area (Å²) < 4.78 is 23.7. The van der Waals surface area contributed by atoms with Crippen molar-refractivity contribution in [3.05, 3.63) is 35.9 Å². The molecule has 0 aliphatic rings. The van der Waals surface area contributed by atoms with E-state index in [-0.39, 0.29) is 18.8 Å². The van der Waals surface area contributed by atoms with E-state index in [0.717, 1.165) is 0 Å². The zero-order valence-electron chi connectivity index (χ0n) is 8.91. The van der Waals surface area contributed by atoms with Gasteiger partial charge in [0.1, 0.15) is 0 Å². The van der Waals surface area contributed by atoms with E-state index < -0.39 is 21.7 Å². The second kappa shape index (κ2) is 5.98. The van der Waals surface area contributed by atoms with Crippen molar-refractivity contribution >= 4 is 9.84 Å². The average Bonchev–Trinajstić information content (AvgIpc) is 2.26. The molecule has 0 fully saturated rings. The molecule has 0 saturated heterocycles. The van der Waals surface area contributed by atoms with E-state index in [1.54, 1.807) is 24.3 Å². The summed E-state index contributed by atoms with van der Waals surface area (Å²) in [7, 11) is -3.40. The Morgan fingerprint density at radius 1 is 1.12 bits per heavy atom. The maximum Gasteiger partial charge on any atom is 0.159 e. The Morgan fingerprint density at radius 3 is 2.25 bits per heavy atom. The third-order valence-corrected chi connectivity index (χ3v) is 4.51. The molecule has 0 heterocycles. The van der Waals surface area contributed by atoms with Gasteiger partial charge in [-0.3, -0.25) is 0 Å². The zero-order valence-corrected chi connectivity index (χ0v) is 9.73. The summed E-state index contributed by atoms with van der Waals surface area (Å²) in [6.45, 7) is -0.686. The molecule has 1 rings (SSSR count). The number of hydrogen-bond donors (Lipinski definition) is 2. The Hall–Kier alpha value is -0.910. The number of rotatable bonds is 6. The van der Waals surface area contributed by atoms with Gasteiger partial charge in [-0.2, -0.15) is 0 Å². The summed E-state index contributed by atoms with van der Waals surface area (Å²) in [6, 6.07) is 8.80. The van der Waals surface area contributed by atoms with Crippen LogP contribution in [0, 0.1) is 0 Å². The van der Waals surface area contributed by atoms with Gasteiger partial charge in [0.05, 0.1) is 17.6 Å². The van der Waals surface area contributed by atoms with E-state index in [1.807, 2.05) is 6.07 Å². The van der Waals surface area contributed by atoms with E-state index in [4.69, 9.17) is 10.2 Å². The van der Waals surface area contributed by atoms with Gasteiger partial charge in [0.25, 0.3) is 0 Å². The summed E-state index contributed by atoms with van der Waals surface area (Å²) in [5.41, 5.74) is 0.693. The lowest BCUT2D eigenvalue weighted by Crippen LogP contribution is -2.27. The molecule has 2 N–H and O–H groups in total. The highest BCUT2D eigenvalue weighted by Gasteiger charge is 2.24. The lowest BCUT2D eigenvalue weighted by atomic mass is 10.2. The molecule has 0 aromatic heterocycles. The van der Waals surface area contributed by atoms with Gasteiger partial charge in [0.2, 0.25) is 0 Å². The van der Waals surface area contributed by atoms with Crippen LogP contribution in [-0.2, 0) is 15.6 Å². The molecule has 1 aromatic rings. The van der Waals surface area contributed by atoms with Crippen LogP contribution in [0.15, 0.2) is 30.3 Å². The maximum absolute atomic E-state index is 11.9. The highest BCUT2D eigenvalue weighted by atomic mass is 32.2. The van der Waals surface area contributed by atoms with Crippen molar-refractivity contribution in [2.45, 2.75) is 17.4 Å². The quantitative estimate of drug-likeness (QED) is 0.757. The third-order valence-electron chi connectivity index (χ3n) is 2.37. The SMILES string of the molecule is O=S(=O)(Cc1ccccc1)C(CO)CCO. The monoisotopic (exact) mass is 244 g/mol. The van der Waals surface area contributed by atoms with E-state index >= 15 is 0 Å². The summed E-state index contributed by atoms with van der Waals surface area (Å²) in [6.07, 6.45) is 0.0751. The first-order valence-electron chi connectivity index (χ1n) is 5.07. The molecule has 0 radical (unpaired) electrons. The molecule has 0 amide bonds. The van der Waals surface area contributed by atoms with Gasteiger partial charge in [-0.15, -0.1) is 0 Å². The number of benzene rings is 1. The van der Waals surface area contributed by atoms with Crippen LogP contribution in [0.3, 0.4) is 0 Å². The van der Waals surface area contributed by atoms with Crippen LogP contribution in [0.2, 0.25) is 0 Å². The molecule has 4 nitrogen and oxygen atoms in total. The molecule has 0 bridgehead atoms. The largest absolute Gasteiger partial charge is 0.396 e. The van der Waals surface area contributed by atoms with Crippen LogP contribution in [0.4, 0.5) is 0 Å². The minimum absolute atomic E-state index is 0.0751. The fourth-order valence-corrected chi connectivity index (χ4v) is 3.04. The van der Waals surface area contributed by atoms with Gasteiger partial charge < -0.3 is 10.2 Å². The highest BCUT2D eigenvalue weighted by Crippen LogP contribution is 2.13. The second-order valence-electron chi connectivity index (χ2n) is 3.61. The van der Waals surface area contributed by atoms with E-state index in [2.05, 4.69) is 0 Å². The first-order chi connectivity index (χ1) is 7.60. The Morgan fingerprint density at radius 2 is 1.75 bits per heavy atom. The van der Waals surface area contributed by atoms with Gasteiger partial charge in [0.15, 0.2) is 9.84 Å². The summed E-state index contributed by atoms with van der Waals surface area (Å²) in [4.78, 5) is 0. The van der Waals surface area contributed by atoms with Crippen LogP contribution in [0.5, 0.6) is 0 Å². The van der Waals surface area contributed by atoms with Crippen molar-refractivity contribution in [3.8, 4) is 0 Å². The lowest BCUT2D eigenvalue weighted by molar-refractivity contribution is 0.243. The highest BCUT2D eigenvalue weighted by molar-refractivity contribution is 7.91. The predicted molar refractivity (Wildman–Crippen MR) is 61.6 cm³/mol. The molecular weight excluding hydrogens is 228 g/mol. The normalized spacial score (nSPS) is 13.6. The first kappa shape index (κ1) is 13.2. The molecule has 0 saturated carbocycles. The minimum atomic E-state index is -3.40. The van der Waals surface area contributed by atoms with Crippen molar-refractivity contribution in [3.63, 3.8) is 0 Å². The molecule has 1 atom stereocenters. The Bertz CT molecular complexity index is 399. The number of aliphatic hydroxyl groups excluding tert-OH is 2. The van der Waals surface area contributed by atoms with Gasteiger partial charge in [0, 0.05) is 6.61 Å². The topological polar surface area (TPSA) is 74.6 Å². The minimum Gasteiger partial charge on any atom is -0.396 e. The maximum atomic E-state index is 11.9. The van der Waals surface area contributed by atoms with Gasteiger partial charge in [-0.05, 0) is 12.0 Å². The van der Waals surface area contributed by atoms with E-state index in [0.29, 0.717) is 5.56 Å². The van der Waals surface area contributed by atoms with E-state index in [9.17, 15) is 8.42 Å². The van der Waals surface area contributed by atoms with Crippen LogP contribution in [0.25, 0.3) is 0 Å². The fourth-order valence-electron chi connectivity index (χ4n) is 1.45. The van der Waals surface area contributed by atoms with Gasteiger partial charge >= 0.3 is 0 Å². The molecule has 0 aliphatic carbocycles. The summed E-state index contributed by atoms with van der Waals surface area (Å²) in [5, 5.41) is 16.8. The molecule has 1 unspecified atom stereocenters. The summed E-state index contributed by atoms with van der Waals surface area (Å²) >= 11 is 0. The van der Waals surface area contributed by atoms with Crippen molar-refractivity contribution < 1.29 is 18.6 Å². The van der Waals surface area contributed by atoms with Crippen molar-refractivity contribution in [1.29, 1.82) is 0 Å². The smallest absolute Gasteiger partial charge is 0.159 e. The lowest BCUT2D eigenvalue weighted by Gasteiger charge is -2.13. The van der Waals surface area contributed by atoms with Crippen LogP contribution in [0.1, 0.15) is 12.0 Å². The van der Waals surface area contributed by atoms with Crippen molar-refractivity contribution in [2.24, 2.45) is 0 Å². The van der Waals surface area contributed by atoms with E-state index in [1.165, 1.54) is 0 Å².